The Labute approximate surface area is 119 Å². The first kappa shape index (κ1) is 14.4. The van der Waals surface area contributed by atoms with E-state index in [9.17, 15) is 5.11 Å². The zero-order chi connectivity index (χ0) is 14.5. The zero-order valence-corrected chi connectivity index (χ0v) is 12.1. The van der Waals surface area contributed by atoms with Crippen LogP contribution in [0.4, 0.5) is 0 Å². The minimum atomic E-state index is -0.576. The number of aliphatic hydroxyl groups is 1. The second-order valence-electron chi connectivity index (χ2n) is 4.86. The van der Waals surface area contributed by atoms with Gasteiger partial charge < -0.3 is 14.6 Å². The molecule has 106 valence electrons. The summed E-state index contributed by atoms with van der Waals surface area (Å²) in [5, 5.41) is 9.79. The fourth-order valence-electron chi connectivity index (χ4n) is 2.07. The summed E-state index contributed by atoms with van der Waals surface area (Å²) in [6.07, 6.45) is -0.576. The summed E-state index contributed by atoms with van der Waals surface area (Å²) in [6.45, 7) is 4.24. The highest BCUT2D eigenvalue weighted by atomic mass is 16.5. The third-order valence-corrected chi connectivity index (χ3v) is 3.15. The third-order valence-electron chi connectivity index (χ3n) is 3.15. The number of benzene rings is 2. The van der Waals surface area contributed by atoms with Gasteiger partial charge in [0.05, 0.1) is 13.2 Å². The highest BCUT2D eigenvalue weighted by Gasteiger charge is 2.11. The molecule has 0 aliphatic heterocycles. The van der Waals surface area contributed by atoms with E-state index in [0.29, 0.717) is 18.1 Å². The van der Waals surface area contributed by atoms with Crippen LogP contribution in [0.3, 0.4) is 0 Å². The Hall–Kier alpha value is -2.00. The molecule has 2 aromatic rings. The molecule has 0 aromatic heterocycles. The maximum Gasteiger partial charge on any atom is 0.129 e. The average molecular weight is 272 g/mol. The molecular weight excluding hydrogens is 252 g/mol. The highest BCUT2D eigenvalue weighted by Crippen LogP contribution is 2.30. The molecule has 0 radical (unpaired) electrons. The van der Waals surface area contributed by atoms with E-state index in [1.807, 2.05) is 24.3 Å². The second-order valence-corrected chi connectivity index (χ2v) is 4.86. The fourth-order valence-corrected chi connectivity index (χ4v) is 2.07. The Bertz CT molecular complexity index is 576. The van der Waals surface area contributed by atoms with Gasteiger partial charge in [0.1, 0.15) is 18.1 Å². The first-order chi connectivity index (χ1) is 9.60. The van der Waals surface area contributed by atoms with Crippen LogP contribution >= 0.6 is 0 Å². The van der Waals surface area contributed by atoms with Crippen molar-refractivity contribution in [1.29, 1.82) is 0 Å². The molecule has 0 heterocycles. The predicted octanol–water partition coefficient (Wildman–Crippen LogP) is 3.64. The van der Waals surface area contributed by atoms with Gasteiger partial charge in [-0.1, -0.05) is 29.8 Å². The molecule has 0 spiro atoms. The van der Waals surface area contributed by atoms with E-state index in [4.69, 9.17) is 9.47 Å². The monoisotopic (exact) mass is 272 g/mol. The third kappa shape index (κ3) is 3.52. The van der Waals surface area contributed by atoms with Gasteiger partial charge in [-0.2, -0.15) is 0 Å². The second kappa shape index (κ2) is 6.44. The van der Waals surface area contributed by atoms with Gasteiger partial charge in [-0.15, -0.1) is 0 Å². The van der Waals surface area contributed by atoms with Crippen LogP contribution in [0.15, 0.2) is 42.5 Å². The average Bonchev–Trinajstić information content (AvgIpc) is 2.44. The number of methoxy groups -OCH3 is 1. The Morgan fingerprint density at radius 2 is 1.95 bits per heavy atom. The highest BCUT2D eigenvalue weighted by molar-refractivity contribution is 5.42. The lowest BCUT2D eigenvalue weighted by Crippen LogP contribution is -2.01. The Balaban J connectivity index is 2.19. The van der Waals surface area contributed by atoms with Crippen molar-refractivity contribution in [2.45, 2.75) is 26.6 Å². The maximum atomic E-state index is 9.79. The molecule has 1 unspecified atom stereocenters. The van der Waals surface area contributed by atoms with E-state index in [1.54, 1.807) is 20.1 Å². The maximum absolute atomic E-state index is 9.79. The largest absolute Gasteiger partial charge is 0.497 e. The molecule has 0 saturated carbocycles. The summed E-state index contributed by atoms with van der Waals surface area (Å²) in [5.41, 5.74) is 3.07. The Morgan fingerprint density at radius 3 is 2.60 bits per heavy atom. The summed E-state index contributed by atoms with van der Waals surface area (Å²) in [5.74, 6) is 1.37. The molecule has 0 bridgehead atoms. The Morgan fingerprint density at radius 1 is 1.15 bits per heavy atom. The lowest BCUT2D eigenvalue weighted by Gasteiger charge is -2.15. The summed E-state index contributed by atoms with van der Waals surface area (Å²) in [4.78, 5) is 0. The molecule has 0 fully saturated rings. The van der Waals surface area contributed by atoms with Crippen LogP contribution in [-0.4, -0.2) is 12.2 Å². The smallest absolute Gasteiger partial charge is 0.129 e. The molecule has 1 N–H and O–H groups in total. The minimum absolute atomic E-state index is 0.467. The first-order valence-electron chi connectivity index (χ1n) is 6.64. The van der Waals surface area contributed by atoms with Crippen molar-refractivity contribution in [3.8, 4) is 11.5 Å². The number of ether oxygens (including phenoxy) is 2. The number of aryl methyl sites for hydroxylation is 1. The van der Waals surface area contributed by atoms with E-state index < -0.39 is 6.10 Å². The SMILES string of the molecule is COc1ccc(C(C)O)c(OCc2cccc(C)c2)c1. The van der Waals surface area contributed by atoms with Crippen LogP contribution < -0.4 is 9.47 Å². The first-order valence-corrected chi connectivity index (χ1v) is 6.64. The number of hydrogen-bond acceptors (Lipinski definition) is 3. The molecule has 0 aliphatic carbocycles. The number of hydrogen-bond donors (Lipinski definition) is 1. The molecule has 0 aliphatic rings. The molecule has 0 amide bonds. The van der Waals surface area contributed by atoms with E-state index in [2.05, 4.69) is 19.1 Å². The van der Waals surface area contributed by atoms with Crippen molar-refractivity contribution in [2.75, 3.05) is 7.11 Å². The van der Waals surface area contributed by atoms with Gasteiger partial charge in [0, 0.05) is 11.6 Å². The van der Waals surface area contributed by atoms with E-state index >= 15 is 0 Å². The molecule has 2 rings (SSSR count). The summed E-state index contributed by atoms with van der Waals surface area (Å²) < 4.78 is 11.0. The van der Waals surface area contributed by atoms with Gasteiger partial charge in [0.15, 0.2) is 0 Å². The lowest BCUT2D eigenvalue weighted by atomic mass is 10.1. The number of aliphatic hydroxyl groups excluding tert-OH is 1. The van der Waals surface area contributed by atoms with Crippen LogP contribution in [0, 0.1) is 6.92 Å². The summed E-state index contributed by atoms with van der Waals surface area (Å²) in [7, 11) is 1.61. The van der Waals surface area contributed by atoms with Crippen LogP contribution in [0.25, 0.3) is 0 Å². The van der Waals surface area contributed by atoms with Crippen molar-refractivity contribution < 1.29 is 14.6 Å². The van der Waals surface area contributed by atoms with Gasteiger partial charge in [-0.3, -0.25) is 0 Å². The van der Waals surface area contributed by atoms with Crippen molar-refractivity contribution in [1.82, 2.24) is 0 Å². The van der Waals surface area contributed by atoms with Crippen molar-refractivity contribution in [2.24, 2.45) is 0 Å². The van der Waals surface area contributed by atoms with Crippen molar-refractivity contribution in [3.63, 3.8) is 0 Å². The van der Waals surface area contributed by atoms with Crippen LogP contribution in [0.2, 0.25) is 0 Å². The zero-order valence-electron chi connectivity index (χ0n) is 12.1. The van der Waals surface area contributed by atoms with Gasteiger partial charge in [0.2, 0.25) is 0 Å². The van der Waals surface area contributed by atoms with E-state index in [-0.39, 0.29) is 0 Å². The molecular formula is C17H20O3. The van der Waals surface area contributed by atoms with Gasteiger partial charge in [-0.05, 0) is 31.5 Å². The quantitative estimate of drug-likeness (QED) is 0.903. The molecule has 3 nitrogen and oxygen atoms in total. The fraction of sp³-hybridized carbons (Fsp3) is 0.294. The van der Waals surface area contributed by atoms with Crippen LogP contribution in [0.5, 0.6) is 11.5 Å². The van der Waals surface area contributed by atoms with Crippen LogP contribution in [0.1, 0.15) is 29.7 Å². The molecule has 3 heteroatoms. The normalized spacial score (nSPS) is 12.0. The van der Waals surface area contributed by atoms with Gasteiger partial charge in [-0.25, -0.2) is 0 Å². The predicted molar refractivity (Wildman–Crippen MR) is 79.1 cm³/mol. The molecule has 1 atom stereocenters. The lowest BCUT2D eigenvalue weighted by molar-refractivity contribution is 0.190. The Kier molecular flexibility index (Phi) is 4.64. The van der Waals surface area contributed by atoms with Gasteiger partial charge in [0.25, 0.3) is 0 Å². The van der Waals surface area contributed by atoms with Gasteiger partial charge >= 0.3 is 0 Å². The molecule has 20 heavy (non-hydrogen) atoms. The molecule has 2 aromatic carbocycles. The minimum Gasteiger partial charge on any atom is -0.497 e. The van der Waals surface area contributed by atoms with E-state index in [1.165, 1.54) is 5.56 Å². The summed E-state index contributed by atoms with van der Waals surface area (Å²) >= 11 is 0. The topological polar surface area (TPSA) is 38.7 Å². The summed E-state index contributed by atoms with van der Waals surface area (Å²) in [6, 6.07) is 13.6. The van der Waals surface area contributed by atoms with Crippen LogP contribution in [-0.2, 0) is 6.61 Å². The van der Waals surface area contributed by atoms with Crippen molar-refractivity contribution >= 4 is 0 Å². The number of rotatable bonds is 5. The molecule has 0 saturated heterocycles. The van der Waals surface area contributed by atoms with E-state index in [0.717, 1.165) is 11.1 Å². The van der Waals surface area contributed by atoms with Crippen molar-refractivity contribution in [3.05, 3.63) is 59.2 Å². The standard InChI is InChI=1S/C17H20O3/c1-12-5-4-6-14(9-12)11-20-17-10-15(19-3)7-8-16(17)13(2)18/h4-10,13,18H,11H2,1-3H3.